The number of sulfonamides is 1. The molecule has 3 aromatic rings. The van der Waals surface area contributed by atoms with Crippen molar-refractivity contribution in [2.24, 2.45) is 5.14 Å². The van der Waals surface area contributed by atoms with E-state index in [0.717, 1.165) is 29.5 Å². The number of alkyl halides is 5. The molecule has 0 bridgehead atoms. The van der Waals surface area contributed by atoms with Crippen LogP contribution in [-0.4, -0.2) is 56.8 Å². The van der Waals surface area contributed by atoms with Crippen molar-refractivity contribution in [2.75, 3.05) is 31.6 Å². The van der Waals surface area contributed by atoms with Crippen molar-refractivity contribution in [3.63, 3.8) is 0 Å². The van der Waals surface area contributed by atoms with Gasteiger partial charge in [-0.15, -0.1) is 24.5 Å². The molecule has 0 atom stereocenters. The summed E-state index contributed by atoms with van der Waals surface area (Å²) in [5.74, 6) is -2.66. The molecular weight excluding hydrogens is 555 g/mol. The highest BCUT2D eigenvalue weighted by molar-refractivity contribution is 7.89. The average molecular weight is 579 g/mol. The second kappa shape index (κ2) is 11.0. The monoisotopic (exact) mass is 578 g/mol. The van der Waals surface area contributed by atoms with Crippen LogP contribution in [0.3, 0.4) is 0 Å². The molecular formula is C23H23F5N4O4S2. The molecule has 0 aliphatic carbocycles. The number of likely N-dealkylation sites (tertiary alicyclic amines) is 1. The van der Waals surface area contributed by atoms with Crippen LogP contribution in [0.2, 0.25) is 0 Å². The minimum atomic E-state index is -5.00. The maximum Gasteiger partial charge on any atom is 0.573 e. The lowest BCUT2D eigenvalue weighted by Gasteiger charge is -2.31. The first-order chi connectivity index (χ1) is 17.8. The Balaban J connectivity index is 1.39. The summed E-state index contributed by atoms with van der Waals surface area (Å²) in [5, 5.41) is 9.61. The first kappa shape index (κ1) is 28.0. The van der Waals surface area contributed by atoms with Gasteiger partial charge in [0.05, 0.1) is 16.3 Å². The van der Waals surface area contributed by atoms with Crippen molar-refractivity contribution >= 4 is 32.2 Å². The molecule has 0 amide bonds. The van der Waals surface area contributed by atoms with E-state index in [9.17, 15) is 30.4 Å². The van der Waals surface area contributed by atoms with E-state index < -0.39 is 33.0 Å². The van der Waals surface area contributed by atoms with Crippen LogP contribution in [0.15, 0.2) is 52.7 Å². The van der Waals surface area contributed by atoms with Gasteiger partial charge in [-0.3, -0.25) is 4.90 Å². The average Bonchev–Trinajstić information content (AvgIpc) is 3.29. The molecule has 2 aromatic carbocycles. The largest absolute Gasteiger partial charge is 0.573 e. The number of hydrogen-bond acceptors (Lipinski definition) is 8. The molecule has 1 saturated heterocycles. The molecule has 0 saturated carbocycles. The molecule has 1 aromatic heterocycles. The number of primary sulfonamides is 1. The van der Waals surface area contributed by atoms with Crippen LogP contribution in [0.1, 0.15) is 12.8 Å². The number of rotatable bonds is 9. The summed E-state index contributed by atoms with van der Waals surface area (Å²) >= 11 is 1.08. The Bertz CT molecular complexity index is 1350. The zero-order chi connectivity index (χ0) is 27.6. The topological polar surface area (TPSA) is 107 Å². The van der Waals surface area contributed by atoms with E-state index in [4.69, 9.17) is 9.88 Å². The van der Waals surface area contributed by atoms with Crippen molar-refractivity contribution in [3.05, 3.63) is 47.8 Å². The number of nitrogens with two attached hydrogens (primary N) is 1. The van der Waals surface area contributed by atoms with Gasteiger partial charge < -0.3 is 14.8 Å². The van der Waals surface area contributed by atoms with E-state index in [1.54, 1.807) is 29.6 Å². The van der Waals surface area contributed by atoms with E-state index in [-0.39, 0.29) is 23.7 Å². The quantitative estimate of drug-likeness (QED) is 0.336. The lowest BCUT2D eigenvalue weighted by molar-refractivity contribution is -0.274. The van der Waals surface area contributed by atoms with Crippen LogP contribution in [0.4, 0.5) is 32.8 Å². The zero-order valence-electron chi connectivity index (χ0n) is 19.7. The molecule has 0 radical (unpaired) electrons. The number of piperidine rings is 1. The van der Waals surface area contributed by atoms with Crippen molar-refractivity contribution in [1.82, 2.24) is 9.88 Å². The Kier molecular flexibility index (Phi) is 8.11. The summed E-state index contributed by atoms with van der Waals surface area (Å²) < 4.78 is 97.9. The summed E-state index contributed by atoms with van der Waals surface area (Å²) in [6.07, 6.45) is -5.30. The second-order valence-corrected chi connectivity index (χ2v) is 10.9. The van der Waals surface area contributed by atoms with E-state index >= 15 is 0 Å². The van der Waals surface area contributed by atoms with Gasteiger partial charge in [-0.2, -0.15) is 0 Å². The first-order valence-electron chi connectivity index (χ1n) is 11.3. The van der Waals surface area contributed by atoms with Gasteiger partial charge in [0.25, 0.3) is 5.92 Å². The zero-order valence-corrected chi connectivity index (χ0v) is 21.3. The standard InChI is InChI=1S/C23H23F5N4O4S2/c24-22(25)7-9-32(10-8-22)11-12-35-16-3-1-15(2-4-16)19-14-37-21(31-19)30-18-13-17(38(29,33)34)5-6-20(18)36-23(26,27)28/h1-6,13-14H,7-12H2,(H,30,31)(H2,29,33,34). The summed E-state index contributed by atoms with van der Waals surface area (Å²) in [6.45, 7) is 1.53. The lowest BCUT2D eigenvalue weighted by Crippen LogP contribution is -2.41. The number of benzene rings is 2. The van der Waals surface area contributed by atoms with Crippen molar-refractivity contribution in [1.29, 1.82) is 0 Å². The minimum Gasteiger partial charge on any atom is -0.492 e. The fraction of sp³-hybridized carbons (Fsp3) is 0.348. The van der Waals surface area contributed by atoms with Crippen LogP contribution < -0.4 is 19.9 Å². The third kappa shape index (κ3) is 7.75. The molecule has 4 rings (SSSR count). The Hall–Kier alpha value is -3.01. The van der Waals surface area contributed by atoms with E-state index in [1.165, 1.54) is 0 Å². The van der Waals surface area contributed by atoms with Gasteiger partial charge in [0.1, 0.15) is 12.4 Å². The van der Waals surface area contributed by atoms with Gasteiger partial charge in [-0.25, -0.2) is 27.3 Å². The molecule has 206 valence electrons. The molecule has 1 aliphatic rings. The highest BCUT2D eigenvalue weighted by Crippen LogP contribution is 2.36. The summed E-state index contributed by atoms with van der Waals surface area (Å²) in [5.41, 5.74) is 0.931. The molecule has 38 heavy (non-hydrogen) atoms. The van der Waals surface area contributed by atoms with Crippen LogP contribution in [0, 0.1) is 0 Å². The predicted octanol–water partition coefficient (Wildman–Crippen LogP) is 5.21. The highest BCUT2D eigenvalue weighted by Gasteiger charge is 2.34. The van der Waals surface area contributed by atoms with Crippen molar-refractivity contribution < 1.29 is 39.8 Å². The number of hydrogen-bond donors (Lipinski definition) is 2. The third-order valence-electron chi connectivity index (χ3n) is 5.66. The van der Waals surface area contributed by atoms with Crippen molar-refractivity contribution in [3.8, 4) is 22.8 Å². The number of nitrogens with zero attached hydrogens (tertiary/aromatic N) is 2. The lowest BCUT2D eigenvalue weighted by atomic mass is 10.1. The minimum absolute atomic E-state index is 0.152. The smallest absolute Gasteiger partial charge is 0.492 e. The molecule has 3 N–H and O–H groups in total. The van der Waals surface area contributed by atoms with Gasteiger partial charge in [-0.05, 0) is 42.5 Å². The van der Waals surface area contributed by atoms with Crippen LogP contribution in [0.25, 0.3) is 11.3 Å². The van der Waals surface area contributed by atoms with Crippen LogP contribution in [-0.2, 0) is 10.0 Å². The summed E-state index contributed by atoms with van der Waals surface area (Å²) in [6, 6.07) is 9.62. The number of anilines is 2. The van der Waals surface area contributed by atoms with Crippen molar-refractivity contribution in [2.45, 2.75) is 30.0 Å². The summed E-state index contributed by atoms with van der Waals surface area (Å²) in [4.78, 5) is 5.88. The molecule has 0 spiro atoms. The van der Waals surface area contributed by atoms with Gasteiger partial charge in [-0.1, -0.05) is 0 Å². The van der Waals surface area contributed by atoms with Crippen LogP contribution >= 0.6 is 11.3 Å². The number of halogens is 5. The third-order valence-corrected chi connectivity index (χ3v) is 7.33. The van der Waals surface area contributed by atoms with Gasteiger partial charge >= 0.3 is 6.36 Å². The van der Waals surface area contributed by atoms with E-state index in [2.05, 4.69) is 15.0 Å². The predicted molar refractivity (Wildman–Crippen MR) is 131 cm³/mol. The Morgan fingerprint density at radius 3 is 2.42 bits per heavy atom. The number of aromatic nitrogens is 1. The molecule has 15 heteroatoms. The SMILES string of the molecule is NS(=O)(=O)c1ccc(OC(F)(F)F)c(Nc2nc(-c3ccc(OCCN4CCC(F)(F)CC4)cc3)cs2)c1. The maximum absolute atomic E-state index is 13.2. The number of ether oxygens (including phenoxy) is 2. The maximum atomic E-state index is 13.2. The van der Waals surface area contributed by atoms with Gasteiger partial charge in [0, 0.05) is 43.4 Å². The summed E-state index contributed by atoms with van der Waals surface area (Å²) in [7, 11) is -4.18. The fourth-order valence-corrected chi connectivity index (χ4v) is 4.97. The van der Waals surface area contributed by atoms with Crippen LogP contribution in [0.5, 0.6) is 11.5 Å². The number of nitrogens with one attached hydrogen (secondary N) is 1. The second-order valence-electron chi connectivity index (χ2n) is 8.48. The highest BCUT2D eigenvalue weighted by atomic mass is 32.2. The fourth-order valence-electron chi connectivity index (χ4n) is 3.69. The molecule has 1 aliphatic heterocycles. The molecule has 2 heterocycles. The Labute approximate surface area is 219 Å². The Morgan fingerprint density at radius 1 is 1.11 bits per heavy atom. The van der Waals surface area contributed by atoms with Gasteiger partial charge in [0.2, 0.25) is 10.0 Å². The molecule has 8 nitrogen and oxygen atoms in total. The molecule has 1 fully saturated rings. The van der Waals surface area contributed by atoms with E-state index in [1.807, 2.05) is 4.90 Å². The van der Waals surface area contributed by atoms with Gasteiger partial charge in [0.15, 0.2) is 10.9 Å². The van der Waals surface area contributed by atoms with E-state index in [0.29, 0.717) is 43.2 Å². The first-order valence-corrected chi connectivity index (χ1v) is 13.7. The number of thiazole rings is 1. The molecule has 0 unspecified atom stereocenters. The normalized spacial score (nSPS) is 16.3. The Morgan fingerprint density at radius 2 is 1.79 bits per heavy atom.